The first-order chi connectivity index (χ1) is 13.9. The van der Waals surface area contributed by atoms with Crippen molar-refractivity contribution in [3.05, 3.63) is 67.9 Å². The van der Waals surface area contributed by atoms with Gasteiger partial charge in [0.05, 0.1) is 11.6 Å². The van der Waals surface area contributed by atoms with Gasteiger partial charge in [-0.05, 0) is 48.0 Å². The molecule has 0 amide bonds. The summed E-state index contributed by atoms with van der Waals surface area (Å²) in [5, 5.41) is 4.93. The molecule has 29 heavy (non-hydrogen) atoms. The lowest BCUT2D eigenvalue weighted by Crippen LogP contribution is -2.23. The van der Waals surface area contributed by atoms with Crippen LogP contribution in [0.1, 0.15) is 12.5 Å². The van der Waals surface area contributed by atoms with Gasteiger partial charge in [-0.1, -0.05) is 29.0 Å². The van der Waals surface area contributed by atoms with E-state index < -0.39 is 5.97 Å². The summed E-state index contributed by atoms with van der Waals surface area (Å²) in [5.74, 6) is 0.730. The van der Waals surface area contributed by atoms with Crippen molar-refractivity contribution in [3.8, 4) is 22.9 Å². The van der Waals surface area contributed by atoms with Crippen LogP contribution in [0.25, 0.3) is 22.4 Å². The van der Waals surface area contributed by atoms with Gasteiger partial charge in [-0.25, -0.2) is 0 Å². The molecule has 0 N–H and O–H groups in total. The van der Waals surface area contributed by atoms with Crippen LogP contribution in [0.2, 0.25) is 5.02 Å². The highest BCUT2D eigenvalue weighted by Gasteiger charge is 2.13. The van der Waals surface area contributed by atoms with E-state index in [0.29, 0.717) is 31.8 Å². The minimum Gasteiger partial charge on any atom is -0.493 e. The number of esters is 1. The number of hydrogen-bond acceptors (Lipinski definition) is 7. The maximum Gasteiger partial charge on any atom is 0.308 e. The molecule has 0 aliphatic carbocycles. The Morgan fingerprint density at radius 1 is 1.17 bits per heavy atom. The molecule has 0 fully saturated rings. The van der Waals surface area contributed by atoms with Gasteiger partial charge in [-0.3, -0.25) is 9.59 Å². The SMILES string of the molecule is COc1cc(/C=c2\sc3nc(-c4ccc(Cl)cc4)nn3c2=O)ccc1OC(C)=O. The summed E-state index contributed by atoms with van der Waals surface area (Å²) in [6, 6.07) is 12.1. The van der Waals surface area contributed by atoms with Gasteiger partial charge in [0.2, 0.25) is 4.96 Å². The summed E-state index contributed by atoms with van der Waals surface area (Å²) in [7, 11) is 1.48. The molecule has 4 rings (SSSR count). The van der Waals surface area contributed by atoms with E-state index >= 15 is 0 Å². The average molecular weight is 428 g/mol. The van der Waals surface area contributed by atoms with Gasteiger partial charge in [0.1, 0.15) is 0 Å². The molecule has 0 aliphatic heterocycles. The fourth-order valence-corrected chi connectivity index (χ4v) is 3.75. The predicted molar refractivity (Wildman–Crippen MR) is 111 cm³/mol. The number of carbonyl (C=O) groups is 1. The Balaban J connectivity index is 1.73. The maximum absolute atomic E-state index is 12.7. The Morgan fingerprint density at radius 3 is 2.59 bits per heavy atom. The Labute approximate surface area is 173 Å². The highest BCUT2D eigenvalue weighted by atomic mass is 35.5. The smallest absolute Gasteiger partial charge is 0.308 e. The van der Waals surface area contributed by atoms with Crippen LogP contribution in [0.5, 0.6) is 11.5 Å². The predicted octanol–water partition coefficient (Wildman–Crippen LogP) is 2.95. The number of nitrogens with zero attached hydrogens (tertiary/aromatic N) is 3. The number of thiazole rings is 1. The first kappa shape index (κ1) is 19.1. The van der Waals surface area contributed by atoms with Crippen molar-refractivity contribution in [3.63, 3.8) is 0 Å². The third-order valence-electron chi connectivity index (χ3n) is 4.02. The van der Waals surface area contributed by atoms with Gasteiger partial charge in [0.15, 0.2) is 17.3 Å². The molecule has 0 atom stereocenters. The molecular formula is C20H14ClN3O4S. The van der Waals surface area contributed by atoms with Crippen LogP contribution in [-0.2, 0) is 4.79 Å². The quantitative estimate of drug-likeness (QED) is 0.368. The van der Waals surface area contributed by atoms with E-state index in [-0.39, 0.29) is 5.56 Å². The lowest BCUT2D eigenvalue weighted by atomic mass is 10.2. The van der Waals surface area contributed by atoms with E-state index in [1.807, 2.05) is 0 Å². The molecule has 2 aromatic carbocycles. The Hall–Kier alpha value is -3.23. The number of methoxy groups -OCH3 is 1. The molecule has 4 aromatic rings. The van der Waals surface area contributed by atoms with Crippen molar-refractivity contribution in [2.24, 2.45) is 0 Å². The number of hydrogen-bond donors (Lipinski definition) is 0. The number of fused-ring (bicyclic) bond motifs is 1. The van der Waals surface area contributed by atoms with Crippen molar-refractivity contribution in [1.29, 1.82) is 0 Å². The highest BCUT2D eigenvalue weighted by molar-refractivity contribution is 7.15. The second-order valence-electron chi connectivity index (χ2n) is 6.06. The third kappa shape index (κ3) is 3.85. The molecule has 0 radical (unpaired) electrons. The molecule has 0 saturated carbocycles. The number of carbonyl (C=O) groups excluding carboxylic acids is 1. The van der Waals surface area contributed by atoms with Crippen LogP contribution in [-0.4, -0.2) is 27.7 Å². The van der Waals surface area contributed by atoms with E-state index in [4.69, 9.17) is 21.1 Å². The molecule has 0 bridgehead atoms. The molecule has 146 valence electrons. The zero-order chi connectivity index (χ0) is 20.5. The van der Waals surface area contributed by atoms with Gasteiger partial charge in [0.25, 0.3) is 5.56 Å². The highest BCUT2D eigenvalue weighted by Crippen LogP contribution is 2.28. The molecule has 0 spiro atoms. The second kappa shape index (κ2) is 7.65. The van der Waals surface area contributed by atoms with E-state index in [2.05, 4.69) is 10.1 Å². The maximum atomic E-state index is 12.7. The van der Waals surface area contributed by atoms with Crippen molar-refractivity contribution in [2.75, 3.05) is 7.11 Å². The molecule has 0 unspecified atom stereocenters. The van der Waals surface area contributed by atoms with E-state index in [1.54, 1.807) is 48.5 Å². The Kier molecular flexibility index (Phi) is 5.04. The summed E-state index contributed by atoms with van der Waals surface area (Å²) in [5.41, 5.74) is 1.24. The number of halogens is 1. The van der Waals surface area contributed by atoms with Crippen LogP contribution in [0.4, 0.5) is 0 Å². The van der Waals surface area contributed by atoms with Crippen molar-refractivity contribution in [1.82, 2.24) is 14.6 Å². The van der Waals surface area contributed by atoms with Gasteiger partial charge in [0, 0.05) is 17.5 Å². The van der Waals surface area contributed by atoms with E-state index in [1.165, 1.54) is 29.9 Å². The normalized spacial score (nSPS) is 11.8. The Morgan fingerprint density at radius 2 is 1.93 bits per heavy atom. The molecule has 0 aliphatic rings. The molecular weight excluding hydrogens is 414 g/mol. The van der Waals surface area contributed by atoms with Crippen LogP contribution in [0.3, 0.4) is 0 Å². The second-order valence-corrected chi connectivity index (χ2v) is 7.50. The number of ether oxygens (including phenoxy) is 2. The van der Waals surface area contributed by atoms with Crippen LogP contribution < -0.4 is 19.6 Å². The summed E-state index contributed by atoms with van der Waals surface area (Å²) in [6.45, 7) is 1.32. The number of rotatable bonds is 4. The molecule has 7 nitrogen and oxygen atoms in total. The summed E-state index contributed by atoms with van der Waals surface area (Å²) in [6.07, 6.45) is 1.71. The fourth-order valence-electron chi connectivity index (χ4n) is 2.72. The van der Waals surface area contributed by atoms with Gasteiger partial charge >= 0.3 is 5.97 Å². The van der Waals surface area contributed by atoms with Crippen LogP contribution >= 0.6 is 22.9 Å². The van der Waals surface area contributed by atoms with Gasteiger partial charge in [-0.2, -0.15) is 9.50 Å². The van der Waals surface area contributed by atoms with Gasteiger partial charge in [-0.15, -0.1) is 5.10 Å². The van der Waals surface area contributed by atoms with Crippen LogP contribution in [0.15, 0.2) is 47.3 Å². The third-order valence-corrected chi connectivity index (χ3v) is 5.23. The van der Waals surface area contributed by atoms with E-state index in [9.17, 15) is 9.59 Å². The zero-order valence-electron chi connectivity index (χ0n) is 15.4. The van der Waals surface area contributed by atoms with E-state index in [0.717, 1.165) is 11.1 Å². The topological polar surface area (TPSA) is 82.8 Å². The molecule has 0 saturated heterocycles. The van der Waals surface area contributed by atoms with Crippen LogP contribution in [0, 0.1) is 0 Å². The van der Waals surface area contributed by atoms with Crippen molar-refractivity contribution < 1.29 is 14.3 Å². The standard InChI is InChI=1S/C20H14ClN3O4S/c1-11(25)28-15-8-3-12(9-16(15)27-2)10-17-19(26)24-20(29-17)22-18(23-24)13-4-6-14(21)7-5-13/h3-10H,1-2H3/b17-10-. The summed E-state index contributed by atoms with van der Waals surface area (Å²) >= 11 is 7.14. The Bertz CT molecular complexity index is 1330. The lowest BCUT2D eigenvalue weighted by Gasteiger charge is -2.08. The monoisotopic (exact) mass is 427 g/mol. The minimum atomic E-state index is -0.441. The molecule has 2 heterocycles. The largest absolute Gasteiger partial charge is 0.493 e. The zero-order valence-corrected chi connectivity index (χ0v) is 17.0. The average Bonchev–Trinajstić information content (AvgIpc) is 3.23. The summed E-state index contributed by atoms with van der Waals surface area (Å²) < 4.78 is 12.1. The first-order valence-electron chi connectivity index (χ1n) is 8.48. The summed E-state index contributed by atoms with van der Waals surface area (Å²) in [4.78, 5) is 28.8. The number of aromatic nitrogens is 3. The number of benzene rings is 2. The lowest BCUT2D eigenvalue weighted by molar-refractivity contribution is -0.132. The van der Waals surface area contributed by atoms with Crippen molar-refractivity contribution >= 4 is 39.9 Å². The molecule has 9 heteroatoms. The molecule has 2 aromatic heterocycles. The van der Waals surface area contributed by atoms with Gasteiger partial charge < -0.3 is 9.47 Å². The minimum absolute atomic E-state index is 0.263. The fraction of sp³-hybridized carbons (Fsp3) is 0.100. The first-order valence-corrected chi connectivity index (χ1v) is 9.68. The van der Waals surface area contributed by atoms with Crippen molar-refractivity contribution in [2.45, 2.75) is 6.92 Å².